The Morgan fingerprint density at radius 2 is 1.50 bits per heavy atom. The lowest BCUT2D eigenvalue weighted by Gasteiger charge is -2.09. The largest absolute Gasteiger partial charge is 0.494 e. The summed E-state index contributed by atoms with van der Waals surface area (Å²) in [6.45, 7) is 5.18. The van der Waals surface area contributed by atoms with Crippen LogP contribution in [0.25, 0.3) is 0 Å². The maximum absolute atomic E-state index is 9.47. The first-order valence-electron chi connectivity index (χ1n) is 7.81. The van der Waals surface area contributed by atoms with Crippen LogP contribution in [-0.4, -0.2) is 11.7 Å². The summed E-state index contributed by atoms with van der Waals surface area (Å²) >= 11 is 0. The Bertz CT molecular complexity index is 544. The molecule has 2 rings (SSSR count). The highest BCUT2D eigenvalue weighted by Crippen LogP contribution is 2.19. The van der Waals surface area contributed by atoms with Gasteiger partial charge in [-0.05, 0) is 48.7 Å². The highest BCUT2D eigenvalue weighted by Gasteiger charge is 2.01. The van der Waals surface area contributed by atoms with E-state index in [1.165, 1.54) is 0 Å². The number of aliphatic hydroxyl groups excluding tert-OH is 1. The van der Waals surface area contributed by atoms with E-state index in [0.29, 0.717) is 6.61 Å². The predicted octanol–water partition coefficient (Wildman–Crippen LogP) is 4.50. The third-order valence-electron chi connectivity index (χ3n) is 3.46. The van der Waals surface area contributed by atoms with Gasteiger partial charge in [0.2, 0.25) is 0 Å². The van der Waals surface area contributed by atoms with E-state index < -0.39 is 6.10 Å². The molecule has 0 fully saturated rings. The SMILES string of the molecule is CCCCOc1ccc(COc2ccc(C(C)O)cc2)cc1. The van der Waals surface area contributed by atoms with E-state index in [1.54, 1.807) is 6.92 Å². The number of unbranched alkanes of at least 4 members (excludes halogenated alkanes) is 1. The van der Waals surface area contributed by atoms with E-state index in [0.717, 1.165) is 42.1 Å². The fourth-order valence-electron chi connectivity index (χ4n) is 2.03. The van der Waals surface area contributed by atoms with E-state index in [4.69, 9.17) is 9.47 Å². The number of aliphatic hydroxyl groups is 1. The van der Waals surface area contributed by atoms with Gasteiger partial charge in [0.15, 0.2) is 0 Å². The molecule has 3 heteroatoms. The number of hydrogen-bond acceptors (Lipinski definition) is 3. The van der Waals surface area contributed by atoms with Crippen molar-refractivity contribution in [2.24, 2.45) is 0 Å². The van der Waals surface area contributed by atoms with Crippen LogP contribution < -0.4 is 9.47 Å². The Morgan fingerprint density at radius 1 is 0.909 bits per heavy atom. The highest BCUT2D eigenvalue weighted by molar-refractivity contribution is 5.30. The van der Waals surface area contributed by atoms with Crippen molar-refractivity contribution in [1.82, 2.24) is 0 Å². The molecule has 0 aliphatic rings. The molecule has 1 N–H and O–H groups in total. The van der Waals surface area contributed by atoms with Crippen molar-refractivity contribution in [3.8, 4) is 11.5 Å². The molecular weight excluding hydrogens is 276 g/mol. The molecule has 0 aromatic heterocycles. The van der Waals surface area contributed by atoms with Gasteiger partial charge in [-0.25, -0.2) is 0 Å². The van der Waals surface area contributed by atoms with Gasteiger partial charge in [-0.3, -0.25) is 0 Å². The Labute approximate surface area is 132 Å². The second-order valence-corrected chi connectivity index (χ2v) is 5.38. The highest BCUT2D eigenvalue weighted by atomic mass is 16.5. The maximum Gasteiger partial charge on any atom is 0.119 e. The van der Waals surface area contributed by atoms with Gasteiger partial charge in [0.25, 0.3) is 0 Å². The Morgan fingerprint density at radius 3 is 2.09 bits per heavy atom. The standard InChI is InChI=1S/C19H24O3/c1-3-4-13-21-18-9-5-16(6-10-18)14-22-19-11-7-17(8-12-19)15(2)20/h5-12,15,20H,3-4,13-14H2,1-2H3. The number of hydrogen-bond donors (Lipinski definition) is 1. The molecule has 3 nitrogen and oxygen atoms in total. The number of ether oxygens (including phenoxy) is 2. The molecule has 0 heterocycles. The molecule has 2 aromatic carbocycles. The van der Waals surface area contributed by atoms with E-state index in [1.807, 2.05) is 48.5 Å². The molecule has 1 unspecified atom stereocenters. The van der Waals surface area contributed by atoms with E-state index in [-0.39, 0.29) is 0 Å². The Balaban J connectivity index is 1.83. The first kappa shape index (κ1) is 16.4. The number of benzene rings is 2. The van der Waals surface area contributed by atoms with Crippen molar-refractivity contribution in [3.63, 3.8) is 0 Å². The first-order valence-corrected chi connectivity index (χ1v) is 7.81. The smallest absolute Gasteiger partial charge is 0.119 e. The van der Waals surface area contributed by atoms with Crippen LogP contribution in [0.15, 0.2) is 48.5 Å². The summed E-state index contributed by atoms with van der Waals surface area (Å²) in [5.41, 5.74) is 1.99. The predicted molar refractivity (Wildman–Crippen MR) is 88.3 cm³/mol. The van der Waals surface area contributed by atoms with Gasteiger partial charge in [-0.15, -0.1) is 0 Å². The molecule has 0 spiro atoms. The van der Waals surface area contributed by atoms with Crippen LogP contribution in [0.3, 0.4) is 0 Å². The Kier molecular flexibility index (Phi) is 6.28. The minimum Gasteiger partial charge on any atom is -0.494 e. The third kappa shape index (κ3) is 5.08. The summed E-state index contributed by atoms with van der Waals surface area (Å²) in [7, 11) is 0. The second kappa shape index (κ2) is 8.44. The molecule has 0 aliphatic carbocycles. The fraction of sp³-hybridized carbons (Fsp3) is 0.368. The van der Waals surface area contributed by atoms with Crippen molar-refractivity contribution in [1.29, 1.82) is 0 Å². The summed E-state index contributed by atoms with van der Waals surface area (Å²) in [6.07, 6.45) is 1.77. The van der Waals surface area contributed by atoms with Crippen LogP contribution in [0.2, 0.25) is 0 Å². The maximum atomic E-state index is 9.47. The van der Waals surface area contributed by atoms with Gasteiger partial charge >= 0.3 is 0 Å². The molecule has 118 valence electrons. The average molecular weight is 300 g/mol. The molecule has 1 atom stereocenters. The summed E-state index contributed by atoms with van der Waals surface area (Å²) in [5, 5.41) is 9.47. The van der Waals surface area contributed by atoms with Gasteiger partial charge in [0.1, 0.15) is 18.1 Å². The molecular formula is C19H24O3. The molecule has 2 aromatic rings. The summed E-state index contributed by atoms with van der Waals surface area (Å²) in [4.78, 5) is 0. The summed E-state index contributed by atoms with van der Waals surface area (Å²) in [5.74, 6) is 1.70. The fourth-order valence-corrected chi connectivity index (χ4v) is 2.03. The minimum absolute atomic E-state index is 0.450. The lowest BCUT2D eigenvalue weighted by atomic mass is 10.1. The summed E-state index contributed by atoms with van der Waals surface area (Å²) in [6, 6.07) is 15.5. The second-order valence-electron chi connectivity index (χ2n) is 5.38. The Hall–Kier alpha value is -2.00. The van der Waals surface area contributed by atoms with Crippen molar-refractivity contribution in [2.75, 3.05) is 6.61 Å². The molecule has 0 saturated carbocycles. The van der Waals surface area contributed by atoms with Gasteiger partial charge in [0, 0.05) is 0 Å². The molecule has 22 heavy (non-hydrogen) atoms. The summed E-state index contributed by atoms with van der Waals surface area (Å²) < 4.78 is 11.4. The van der Waals surface area contributed by atoms with Crippen LogP contribution >= 0.6 is 0 Å². The van der Waals surface area contributed by atoms with Crippen molar-refractivity contribution in [2.45, 2.75) is 39.4 Å². The van der Waals surface area contributed by atoms with Crippen LogP contribution in [0.5, 0.6) is 11.5 Å². The third-order valence-corrected chi connectivity index (χ3v) is 3.46. The van der Waals surface area contributed by atoms with Gasteiger partial charge in [0.05, 0.1) is 12.7 Å². The zero-order chi connectivity index (χ0) is 15.8. The lowest BCUT2D eigenvalue weighted by molar-refractivity contribution is 0.199. The molecule has 0 amide bonds. The van der Waals surface area contributed by atoms with Crippen molar-refractivity contribution < 1.29 is 14.6 Å². The van der Waals surface area contributed by atoms with Gasteiger partial charge in [-0.1, -0.05) is 37.6 Å². The van der Waals surface area contributed by atoms with Crippen LogP contribution in [0.1, 0.15) is 43.9 Å². The quantitative estimate of drug-likeness (QED) is 0.730. The molecule has 0 aliphatic heterocycles. The van der Waals surface area contributed by atoms with Crippen LogP contribution in [0, 0.1) is 0 Å². The van der Waals surface area contributed by atoms with Crippen LogP contribution in [-0.2, 0) is 6.61 Å². The molecule has 0 radical (unpaired) electrons. The first-order chi connectivity index (χ1) is 10.7. The van der Waals surface area contributed by atoms with E-state index in [2.05, 4.69) is 6.92 Å². The average Bonchev–Trinajstić information content (AvgIpc) is 2.55. The molecule has 0 bridgehead atoms. The van der Waals surface area contributed by atoms with E-state index in [9.17, 15) is 5.11 Å². The normalized spacial score (nSPS) is 12.0. The lowest BCUT2D eigenvalue weighted by Crippen LogP contribution is -1.98. The van der Waals surface area contributed by atoms with Gasteiger partial charge < -0.3 is 14.6 Å². The number of rotatable bonds is 8. The molecule has 0 saturated heterocycles. The zero-order valence-corrected chi connectivity index (χ0v) is 13.3. The monoisotopic (exact) mass is 300 g/mol. The van der Waals surface area contributed by atoms with Crippen molar-refractivity contribution >= 4 is 0 Å². The minimum atomic E-state index is -0.450. The van der Waals surface area contributed by atoms with Crippen LogP contribution in [0.4, 0.5) is 0 Å². The van der Waals surface area contributed by atoms with Gasteiger partial charge in [-0.2, -0.15) is 0 Å². The topological polar surface area (TPSA) is 38.7 Å². The van der Waals surface area contributed by atoms with Crippen molar-refractivity contribution in [3.05, 3.63) is 59.7 Å². The zero-order valence-electron chi connectivity index (χ0n) is 13.3. The van der Waals surface area contributed by atoms with E-state index >= 15 is 0 Å².